The minimum Gasteiger partial charge on any atom is -0.477 e. The van der Waals surface area contributed by atoms with Gasteiger partial charge in [0, 0.05) is 18.7 Å². The van der Waals surface area contributed by atoms with Crippen LogP contribution in [-0.4, -0.2) is 48.0 Å². The van der Waals surface area contributed by atoms with Crippen molar-refractivity contribution in [3.05, 3.63) is 33.9 Å². The molecular weight excluding hydrogens is 328 g/mol. The molecule has 25 heavy (non-hydrogen) atoms. The highest BCUT2D eigenvalue weighted by Gasteiger charge is 2.26. The molecule has 1 aliphatic rings. The summed E-state index contributed by atoms with van der Waals surface area (Å²) in [5.41, 5.74) is -0.323. The van der Waals surface area contributed by atoms with E-state index in [4.69, 9.17) is 4.74 Å². The van der Waals surface area contributed by atoms with Crippen LogP contribution in [0.25, 0.3) is 0 Å². The maximum Gasteiger partial charge on any atom is 0.338 e. The minimum absolute atomic E-state index is 0.0453. The first kappa shape index (κ1) is 18.7. The lowest BCUT2D eigenvalue weighted by atomic mass is 10.00. The summed E-state index contributed by atoms with van der Waals surface area (Å²) in [6.07, 6.45) is 3.90. The van der Waals surface area contributed by atoms with Crippen LogP contribution in [0.2, 0.25) is 0 Å². The fourth-order valence-corrected chi connectivity index (χ4v) is 3.00. The highest BCUT2D eigenvalue weighted by atomic mass is 16.6. The van der Waals surface area contributed by atoms with Crippen LogP contribution in [0.1, 0.15) is 43.0 Å². The van der Waals surface area contributed by atoms with Gasteiger partial charge in [-0.1, -0.05) is 6.92 Å². The van der Waals surface area contributed by atoms with Crippen molar-refractivity contribution >= 4 is 17.6 Å². The second-order valence-electron chi connectivity index (χ2n) is 5.86. The van der Waals surface area contributed by atoms with Gasteiger partial charge in [0.2, 0.25) is 0 Å². The molecule has 0 unspecified atom stereocenters. The quantitative estimate of drug-likeness (QED) is 0.444. The molecule has 136 valence electrons. The van der Waals surface area contributed by atoms with Crippen LogP contribution in [0.15, 0.2) is 18.2 Å². The number of nitro groups is 1. The van der Waals surface area contributed by atoms with Gasteiger partial charge in [-0.15, -0.1) is 0 Å². The van der Waals surface area contributed by atoms with Crippen LogP contribution >= 0.6 is 0 Å². The first-order chi connectivity index (χ1) is 12.0. The van der Waals surface area contributed by atoms with Crippen LogP contribution in [-0.2, 0) is 9.53 Å². The predicted octanol–water partition coefficient (Wildman–Crippen LogP) is 2.55. The van der Waals surface area contributed by atoms with Crippen molar-refractivity contribution in [2.24, 2.45) is 0 Å². The lowest BCUT2D eigenvalue weighted by molar-refractivity contribution is -0.385. The summed E-state index contributed by atoms with van der Waals surface area (Å²) in [6.45, 7) is 2.45. The first-order valence-electron chi connectivity index (χ1n) is 8.27. The monoisotopic (exact) mass is 350 g/mol. The summed E-state index contributed by atoms with van der Waals surface area (Å²) in [5.74, 6) is -0.904. The maximum absolute atomic E-state index is 12.4. The molecule has 0 aliphatic carbocycles. The topological polar surface area (TPSA) is 99.0 Å². The third-order valence-corrected chi connectivity index (χ3v) is 4.35. The van der Waals surface area contributed by atoms with Gasteiger partial charge in [-0.3, -0.25) is 14.9 Å². The molecular formula is C17H22N2O6. The smallest absolute Gasteiger partial charge is 0.338 e. The summed E-state index contributed by atoms with van der Waals surface area (Å²) < 4.78 is 9.94. The van der Waals surface area contributed by atoms with Gasteiger partial charge in [-0.2, -0.15) is 0 Å². The number of rotatable bonds is 6. The third-order valence-electron chi connectivity index (χ3n) is 4.35. The van der Waals surface area contributed by atoms with E-state index in [0.717, 1.165) is 31.7 Å². The summed E-state index contributed by atoms with van der Waals surface area (Å²) >= 11 is 0. The molecule has 1 amide bonds. The average Bonchev–Trinajstić information content (AvgIpc) is 2.65. The fourth-order valence-electron chi connectivity index (χ4n) is 3.00. The van der Waals surface area contributed by atoms with E-state index in [9.17, 15) is 19.7 Å². The maximum atomic E-state index is 12.4. The molecule has 2 rings (SSSR count). The molecule has 1 saturated heterocycles. The molecule has 0 bridgehead atoms. The summed E-state index contributed by atoms with van der Waals surface area (Å²) in [7, 11) is 1.19. The molecule has 0 spiro atoms. The van der Waals surface area contributed by atoms with Crippen LogP contribution in [0.4, 0.5) is 5.69 Å². The van der Waals surface area contributed by atoms with Crippen molar-refractivity contribution in [2.45, 2.75) is 38.6 Å². The number of amides is 1. The van der Waals surface area contributed by atoms with Gasteiger partial charge in [-0.25, -0.2) is 4.79 Å². The number of nitro benzene ring substituents is 1. The van der Waals surface area contributed by atoms with Gasteiger partial charge < -0.3 is 14.4 Å². The Balaban J connectivity index is 2.10. The summed E-state index contributed by atoms with van der Waals surface area (Å²) in [5, 5.41) is 11.2. The molecule has 0 saturated carbocycles. The van der Waals surface area contributed by atoms with Gasteiger partial charge >= 0.3 is 11.7 Å². The Bertz CT molecular complexity index is 661. The highest BCUT2D eigenvalue weighted by Crippen LogP contribution is 2.28. The molecule has 1 aromatic rings. The first-order valence-corrected chi connectivity index (χ1v) is 8.27. The number of hydrogen-bond acceptors (Lipinski definition) is 6. The molecule has 1 heterocycles. The number of carbonyl (C=O) groups excluding carboxylic acids is 2. The number of methoxy groups -OCH3 is 1. The SMILES string of the molecule is CC[C@H]1CCCCN1C(=O)COc1ccc(C(=O)OC)cc1[N+](=O)[O-]. The molecule has 8 nitrogen and oxygen atoms in total. The summed E-state index contributed by atoms with van der Waals surface area (Å²) in [4.78, 5) is 36.2. The Morgan fingerprint density at radius 2 is 2.12 bits per heavy atom. The van der Waals surface area contributed by atoms with Gasteiger partial charge in [0.15, 0.2) is 12.4 Å². The van der Waals surface area contributed by atoms with E-state index in [1.54, 1.807) is 4.90 Å². The van der Waals surface area contributed by atoms with Gasteiger partial charge in [0.1, 0.15) is 0 Å². The van der Waals surface area contributed by atoms with Crippen molar-refractivity contribution in [3.63, 3.8) is 0 Å². The predicted molar refractivity (Wildman–Crippen MR) is 89.6 cm³/mol. The highest BCUT2D eigenvalue weighted by molar-refractivity contribution is 5.90. The van der Waals surface area contributed by atoms with Crippen molar-refractivity contribution < 1.29 is 24.0 Å². The Kier molecular flexibility index (Phi) is 6.32. The Hall–Kier alpha value is -2.64. The van der Waals surface area contributed by atoms with Crippen molar-refractivity contribution in [1.29, 1.82) is 0 Å². The van der Waals surface area contributed by atoms with E-state index in [1.165, 1.54) is 19.2 Å². The van der Waals surface area contributed by atoms with E-state index < -0.39 is 10.9 Å². The van der Waals surface area contributed by atoms with Crippen LogP contribution in [0.3, 0.4) is 0 Å². The van der Waals surface area contributed by atoms with Gasteiger partial charge in [-0.05, 0) is 37.8 Å². The van der Waals surface area contributed by atoms with Gasteiger partial charge in [0.25, 0.3) is 5.91 Å². The van der Waals surface area contributed by atoms with Crippen molar-refractivity contribution in [2.75, 3.05) is 20.3 Å². The van der Waals surface area contributed by atoms with Crippen LogP contribution in [0, 0.1) is 10.1 Å². The van der Waals surface area contributed by atoms with Crippen molar-refractivity contribution in [1.82, 2.24) is 4.90 Å². The molecule has 8 heteroatoms. The van der Waals surface area contributed by atoms with E-state index in [0.29, 0.717) is 6.54 Å². The zero-order valence-corrected chi connectivity index (χ0v) is 14.4. The second kappa shape index (κ2) is 8.46. The lowest BCUT2D eigenvalue weighted by Crippen LogP contribution is -2.45. The standard InChI is InChI=1S/C17H22N2O6/c1-3-13-6-4-5-9-18(13)16(20)11-25-15-8-7-12(17(21)24-2)10-14(15)19(22)23/h7-8,10,13H,3-6,9,11H2,1-2H3/t13-/m0/s1. The minimum atomic E-state index is -0.676. The number of ether oxygens (including phenoxy) is 2. The van der Waals surface area contributed by atoms with Gasteiger partial charge in [0.05, 0.1) is 17.6 Å². The molecule has 0 N–H and O–H groups in total. The molecule has 1 aromatic carbocycles. The van der Waals surface area contributed by atoms with E-state index in [-0.39, 0.29) is 35.6 Å². The van der Waals surface area contributed by atoms with E-state index >= 15 is 0 Å². The number of nitrogens with zero attached hydrogens (tertiary/aromatic N) is 2. The number of carbonyl (C=O) groups is 2. The number of hydrogen-bond donors (Lipinski definition) is 0. The Morgan fingerprint density at radius 1 is 1.36 bits per heavy atom. The van der Waals surface area contributed by atoms with Crippen LogP contribution in [0.5, 0.6) is 5.75 Å². The van der Waals surface area contributed by atoms with E-state index in [2.05, 4.69) is 4.74 Å². The number of esters is 1. The van der Waals surface area contributed by atoms with Crippen LogP contribution < -0.4 is 4.74 Å². The van der Waals surface area contributed by atoms with E-state index in [1.807, 2.05) is 6.92 Å². The zero-order valence-electron chi connectivity index (χ0n) is 14.4. The normalized spacial score (nSPS) is 17.0. The Morgan fingerprint density at radius 3 is 2.76 bits per heavy atom. The number of piperidine rings is 1. The largest absolute Gasteiger partial charge is 0.477 e. The number of likely N-dealkylation sites (tertiary alicyclic amines) is 1. The van der Waals surface area contributed by atoms with Crippen molar-refractivity contribution in [3.8, 4) is 5.75 Å². The number of benzene rings is 1. The fraction of sp³-hybridized carbons (Fsp3) is 0.529. The lowest BCUT2D eigenvalue weighted by Gasteiger charge is -2.35. The average molecular weight is 350 g/mol. The Labute approximate surface area is 145 Å². The molecule has 1 fully saturated rings. The zero-order chi connectivity index (χ0) is 18.4. The third kappa shape index (κ3) is 4.46. The molecule has 1 aliphatic heterocycles. The molecule has 0 radical (unpaired) electrons. The summed E-state index contributed by atoms with van der Waals surface area (Å²) in [6, 6.07) is 3.96. The molecule has 0 aromatic heterocycles. The molecule has 1 atom stereocenters. The second-order valence-corrected chi connectivity index (χ2v) is 5.86.